The van der Waals surface area contributed by atoms with Gasteiger partial charge in [0.2, 0.25) is 0 Å². The van der Waals surface area contributed by atoms with E-state index in [4.69, 9.17) is 9.47 Å². The summed E-state index contributed by atoms with van der Waals surface area (Å²) in [5.74, 6) is 0. The third kappa shape index (κ3) is 3.99. The zero-order valence-corrected chi connectivity index (χ0v) is 15.0. The molecule has 122 valence electrons. The van der Waals surface area contributed by atoms with Crippen molar-refractivity contribution in [2.75, 3.05) is 18.5 Å². The minimum absolute atomic E-state index is 0.134. The Bertz CT molecular complexity index is 677. The number of rotatable bonds is 3. The van der Waals surface area contributed by atoms with Gasteiger partial charge in [-0.1, -0.05) is 0 Å². The number of halogens is 1. The molecule has 0 saturated carbocycles. The molecular weight excluding hydrogens is 374 g/mol. The van der Waals surface area contributed by atoms with Crippen LogP contribution in [0.25, 0.3) is 0 Å². The van der Waals surface area contributed by atoms with E-state index in [-0.39, 0.29) is 18.1 Å². The molecule has 22 heavy (non-hydrogen) atoms. The lowest BCUT2D eigenvalue weighted by atomic mass is 10.2. The summed E-state index contributed by atoms with van der Waals surface area (Å²) < 4.78 is 35.4. The van der Waals surface area contributed by atoms with Gasteiger partial charge in [-0.05, 0) is 54.9 Å². The lowest BCUT2D eigenvalue weighted by Crippen LogP contribution is -2.40. The fourth-order valence-electron chi connectivity index (χ4n) is 1.79. The molecule has 0 spiro atoms. The van der Waals surface area contributed by atoms with Crippen molar-refractivity contribution < 1.29 is 22.7 Å². The van der Waals surface area contributed by atoms with Gasteiger partial charge in [-0.2, -0.15) is 0 Å². The number of sulfone groups is 1. The Balaban J connectivity index is 2.22. The van der Waals surface area contributed by atoms with Crippen LogP contribution >= 0.6 is 15.9 Å². The van der Waals surface area contributed by atoms with Gasteiger partial charge in [0.1, 0.15) is 10.9 Å². The van der Waals surface area contributed by atoms with Crippen molar-refractivity contribution in [3.05, 3.63) is 22.7 Å². The molecule has 0 radical (unpaired) electrons. The molecule has 1 N–H and O–H groups in total. The van der Waals surface area contributed by atoms with E-state index in [9.17, 15) is 13.2 Å². The first kappa shape index (κ1) is 17.2. The average Bonchev–Trinajstić information content (AvgIpc) is 2.25. The molecule has 8 heteroatoms. The number of hydrogen-bond donors (Lipinski definition) is 1. The monoisotopic (exact) mass is 391 g/mol. The van der Waals surface area contributed by atoms with Gasteiger partial charge < -0.3 is 9.47 Å². The topological polar surface area (TPSA) is 81.7 Å². The minimum Gasteiger partial charge on any atom is -0.444 e. The molecule has 1 amide bonds. The second kappa shape index (κ2) is 6.17. The fraction of sp³-hybridized carbons (Fsp3) is 0.500. The molecule has 6 nitrogen and oxygen atoms in total. The van der Waals surface area contributed by atoms with Crippen molar-refractivity contribution in [1.82, 2.24) is 0 Å². The van der Waals surface area contributed by atoms with E-state index in [1.807, 2.05) is 0 Å². The number of carbonyl (C=O) groups is 1. The van der Waals surface area contributed by atoms with Crippen LogP contribution in [0.5, 0.6) is 0 Å². The van der Waals surface area contributed by atoms with Crippen molar-refractivity contribution in [2.45, 2.75) is 36.5 Å². The molecule has 2 rings (SSSR count). The SMILES string of the molecule is CC(C)(C)OC(=O)Nc1ccc(Br)c(S(=O)(=O)C2COC2)c1. The minimum atomic E-state index is -3.49. The first-order valence-corrected chi connectivity index (χ1v) is 9.05. The van der Waals surface area contributed by atoms with E-state index in [2.05, 4.69) is 21.2 Å². The van der Waals surface area contributed by atoms with Gasteiger partial charge >= 0.3 is 6.09 Å². The number of carbonyl (C=O) groups excluding carboxylic acids is 1. The summed E-state index contributed by atoms with van der Waals surface area (Å²) in [5, 5.41) is 1.99. The summed E-state index contributed by atoms with van der Waals surface area (Å²) in [7, 11) is -3.49. The highest BCUT2D eigenvalue weighted by Gasteiger charge is 2.35. The average molecular weight is 392 g/mol. The third-order valence-electron chi connectivity index (χ3n) is 2.93. The Morgan fingerprint density at radius 1 is 1.36 bits per heavy atom. The molecule has 1 fully saturated rings. The number of nitrogens with one attached hydrogen (secondary N) is 1. The summed E-state index contributed by atoms with van der Waals surface area (Å²) >= 11 is 3.24. The summed E-state index contributed by atoms with van der Waals surface area (Å²) in [5.41, 5.74) is -0.270. The Morgan fingerprint density at radius 3 is 2.50 bits per heavy atom. The Labute approximate surface area is 138 Å². The van der Waals surface area contributed by atoms with E-state index in [1.165, 1.54) is 6.07 Å². The first-order chi connectivity index (χ1) is 10.1. The van der Waals surface area contributed by atoms with E-state index < -0.39 is 26.8 Å². The standard InChI is InChI=1S/C14H18BrNO5S/c1-14(2,3)21-13(17)16-9-4-5-11(15)12(6-9)22(18,19)10-7-20-8-10/h4-6,10H,7-8H2,1-3H3,(H,16,17). The third-order valence-corrected chi connectivity index (χ3v) is 5.98. The Kier molecular flexibility index (Phi) is 4.84. The highest BCUT2D eigenvalue weighted by atomic mass is 79.9. The predicted octanol–water partition coefficient (Wildman–Crippen LogP) is 2.97. The molecular formula is C14H18BrNO5S. The molecule has 0 aliphatic carbocycles. The van der Waals surface area contributed by atoms with Gasteiger partial charge in [0.15, 0.2) is 9.84 Å². The Morgan fingerprint density at radius 2 is 2.00 bits per heavy atom. The van der Waals surface area contributed by atoms with Crippen molar-refractivity contribution in [2.24, 2.45) is 0 Å². The van der Waals surface area contributed by atoms with Crippen LogP contribution in [0.4, 0.5) is 10.5 Å². The molecule has 0 aromatic heterocycles. The maximum atomic E-state index is 12.4. The highest BCUT2D eigenvalue weighted by molar-refractivity contribution is 9.10. The summed E-state index contributed by atoms with van der Waals surface area (Å²) in [4.78, 5) is 11.9. The molecule has 1 aliphatic heterocycles. The zero-order chi connectivity index (χ0) is 16.5. The van der Waals surface area contributed by atoms with Crippen molar-refractivity contribution in [3.8, 4) is 0 Å². The van der Waals surface area contributed by atoms with Crippen LogP contribution < -0.4 is 5.32 Å². The van der Waals surface area contributed by atoms with Gasteiger partial charge in [-0.15, -0.1) is 0 Å². The molecule has 0 atom stereocenters. The van der Waals surface area contributed by atoms with Gasteiger partial charge in [0.25, 0.3) is 0 Å². The van der Waals surface area contributed by atoms with E-state index >= 15 is 0 Å². The highest BCUT2D eigenvalue weighted by Crippen LogP contribution is 2.30. The van der Waals surface area contributed by atoms with Gasteiger partial charge in [0.05, 0.1) is 18.1 Å². The molecule has 1 saturated heterocycles. The van der Waals surface area contributed by atoms with Crippen molar-refractivity contribution >= 4 is 37.5 Å². The maximum Gasteiger partial charge on any atom is 0.412 e. The van der Waals surface area contributed by atoms with E-state index in [0.717, 1.165) is 0 Å². The van der Waals surface area contributed by atoms with Gasteiger partial charge in [-0.25, -0.2) is 13.2 Å². The van der Waals surface area contributed by atoms with Crippen LogP contribution in [0.2, 0.25) is 0 Å². The number of anilines is 1. The largest absolute Gasteiger partial charge is 0.444 e. The van der Waals surface area contributed by atoms with Gasteiger partial charge in [0, 0.05) is 10.2 Å². The maximum absolute atomic E-state index is 12.4. The number of ether oxygens (including phenoxy) is 2. The number of hydrogen-bond acceptors (Lipinski definition) is 5. The number of benzene rings is 1. The lowest BCUT2D eigenvalue weighted by molar-refractivity contribution is 0.0415. The quantitative estimate of drug-likeness (QED) is 0.856. The summed E-state index contributed by atoms with van der Waals surface area (Å²) in [6.45, 7) is 5.64. The van der Waals surface area contributed by atoms with Crippen LogP contribution in [0, 0.1) is 0 Å². The van der Waals surface area contributed by atoms with Crippen LogP contribution in [0.15, 0.2) is 27.6 Å². The van der Waals surface area contributed by atoms with Crippen LogP contribution in [0.1, 0.15) is 20.8 Å². The lowest BCUT2D eigenvalue weighted by Gasteiger charge is -2.26. The predicted molar refractivity (Wildman–Crippen MR) is 85.8 cm³/mol. The Hall–Kier alpha value is -1.12. The summed E-state index contributed by atoms with van der Waals surface area (Å²) in [6.07, 6.45) is -0.634. The zero-order valence-electron chi connectivity index (χ0n) is 12.6. The van der Waals surface area contributed by atoms with Crippen LogP contribution in [-0.2, 0) is 19.3 Å². The van der Waals surface area contributed by atoms with Crippen LogP contribution in [0.3, 0.4) is 0 Å². The fourth-order valence-corrected chi connectivity index (χ4v) is 4.26. The molecule has 1 aliphatic rings. The second-order valence-electron chi connectivity index (χ2n) is 5.98. The molecule has 1 heterocycles. The second-order valence-corrected chi connectivity index (χ2v) is 9.03. The number of amides is 1. The van der Waals surface area contributed by atoms with E-state index in [1.54, 1.807) is 32.9 Å². The normalized spacial score (nSPS) is 16.0. The molecule has 0 bridgehead atoms. The van der Waals surface area contributed by atoms with Crippen LogP contribution in [-0.4, -0.2) is 38.6 Å². The molecule has 1 aromatic rings. The van der Waals surface area contributed by atoms with E-state index in [0.29, 0.717) is 10.2 Å². The molecule has 0 unspecified atom stereocenters. The van der Waals surface area contributed by atoms with Crippen molar-refractivity contribution in [1.29, 1.82) is 0 Å². The van der Waals surface area contributed by atoms with Gasteiger partial charge in [-0.3, -0.25) is 5.32 Å². The summed E-state index contributed by atoms with van der Waals surface area (Å²) in [6, 6.07) is 4.60. The van der Waals surface area contributed by atoms with Crippen molar-refractivity contribution in [3.63, 3.8) is 0 Å². The molecule has 1 aromatic carbocycles. The first-order valence-electron chi connectivity index (χ1n) is 6.71. The smallest absolute Gasteiger partial charge is 0.412 e.